The Bertz CT molecular complexity index is 403. The van der Waals surface area contributed by atoms with Crippen molar-refractivity contribution in [3.63, 3.8) is 0 Å². The third kappa shape index (κ3) is 2.93. The monoisotopic (exact) mass is 287 g/mol. The van der Waals surface area contributed by atoms with E-state index >= 15 is 0 Å². The average molecular weight is 287 g/mol. The molecule has 1 saturated heterocycles. The van der Waals surface area contributed by atoms with Gasteiger partial charge >= 0.3 is 0 Å². The van der Waals surface area contributed by atoms with Crippen LogP contribution >= 0.6 is 0 Å². The Morgan fingerprint density at radius 2 is 1.79 bits per heavy atom. The van der Waals surface area contributed by atoms with Crippen molar-refractivity contribution >= 4 is 16.7 Å². The van der Waals surface area contributed by atoms with Gasteiger partial charge in [-0.1, -0.05) is 13.8 Å². The van der Waals surface area contributed by atoms with Gasteiger partial charge in [0.2, 0.25) is 0 Å². The van der Waals surface area contributed by atoms with Crippen molar-refractivity contribution in [1.82, 2.24) is 0 Å². The van der Waals surface area contributed by atoms with E-state index in [9.17, 15) is 4.21 Å². The van der Waals surface area contributed by atoms with Crippen LogP contribution in [0.15, 0.2) is 4.40 Å². The largest absolute Gasteiger partial charge is 0.347 e. The zero-order valence-electron chi connectivity index (χ0n) is 12.6. The molecule has 1 heterocycles. The SMILES string of the molecule is CC(C)(C)S(=O)N=C1CCC2(OCCO2)C(C)(C)C1. The molecule has 5 heteroatoms. The van der Waals surface area contributed by atoms with Gasteiger partial charge in [-0.05, 0) is 33.6 Å². The summed E-state index contributed by atoms with van der Waals surface area (Å²) in [5, 5.41) is 0. The van der Waals surface area contributed by atoms with E-state index in [1.165, 1.54) is 0 Å². The maximum atomic E-state index is 12.1. The first-order valence-corrected chi connectivity index (χ1v) is 8.03. The van der Waals surface area contributed by atoms with Gasteiger partial charge in [0.05, 0.1) is 18.0 Å². The molecule has 1 aliphatic carbocycles. The van der Waals surface area contributed by atoms with E-state index in [4.69, 9.17) is 9.47 Å². The van der Waals surface area contributed by atoms with Crippen LogP contribution in [-0.4, -0.2) is 33.7 Å². The van der Waals surface area contributed by atoms with Crippen LogP contribution in [-0.2, 0) is 20.5 Å². The lowest BCUT2D eigenvalue weighted by molar-refractivity contribution is -0.233. The maximum absolute atomic E-state index is 12.1. The van der Waals surface area contributed by atoms with Gasteiger partial charge < -0.3 is 9.47 Å². The van der Waals surface area contributed by atoms with Crippen LogP contribution < -0.4 is 0 Å². The molecule has 2 rings (SSSR count). The Balaban J connectivity index is 2.14. The molecule has 2 fully saturated rings. The Morgan fingerprint density at radius 3 is 2.26 bits per heavy atom. The summed E-state index contributed by atoms with van der Waals surface area (Å²) in [6.45, 7) is 11.5. The third-order valence-corrected chi connectivity index (χ3v) is 5.38. The molecule has 0 aromatic carbocycles. The van der Waals surface area contributed by atoms with Crippen LogP contribution in [0.3, 0.4) is 0 Å². The van der Waals surface area contributed by atoms with Crippen LogP contribution in [0.1, 0.15) is 53.9 Å². The molecule has 0 bridgehead atoms. The molecule has 4 nitrogen and oxygen atoms in total. The quantitative estimate of drug-likeness (QED) is 0.745. The second kappa shape index (κ2) is 4.93. The van der Waals surface area contributed by atoms with Crippen molar-refractivity contribution in [2.75, 3.05) is 13.2 Å². The van der Waals surface area contributed by atoms with E-state index in [-0.39, 0.29) is 10.2 Å². The second-order valence-electron chi connectivity index (χ2n) is 7.03. The highest BCUT2D eigenvalue weighted by Gasteiger charge is 2.53. The van der Waals surface area contributed by atoms with E-state index in [1.807, 2.05) is 20.8 Å². The van der Waals surface area contributed by atoms with Crippen LogP contribution in [0, 0.1) is 5.41 Å². The van der Waals surface area contributed by atoms with Gasteiger partial charge in [0.15, 0.2) is 5.79 Å². The predicted molar refractivity (Wildman–Crippen MR) is 77.6 cm³/mol. The number of hydrogen-bond donors (Lipinski definition) is 0. The average Bonchev–Trinajstić information content (AvgIpc) is 2.72. The molecule has 1 atom stereocenters. The molecule has 1 saturated carbocycles. The van der Waals surface area contributed by atoms with Crippen LogP contribution in [0.2, 0.25) is 0 Å². The highest BCUT2D eigenvalue weighted by atomic mass is 32.2. The number of rotatable bonds is 1. The number of nitrogens with zero attached hydrogens (tertiary/aromatic N) is 1. The zero-order valence-corrected chi connectivity index (χ0v) is 13.4. The van der Waals surface area contributed by atoms with Crippen molar-refractivity contribution < 1.29 is 13.7 Å². The normalized spacial score (nSPS) is 29.8. The Morgan fingerprint density at radius 1 is 1.21 bits per heavy atom. The molecule has 1 unspecified atom stereocenters. The molecule has 19 heavy (non-hydrogen) atoms. The van der Waals surface area contributed by atoms with Crippen molar-refractivity contribution in [2.45, 2.75) is 64.4 Å². The van der Waals surface area contributed by atoms with Crippen LogP contribution in [0.4, 0.5) is 0 Å². The van der Waals surface area contributed by atoms with E-state index in [0.717, 1.165) is 25.0 Å². The zero-order chi connectivity index (χ0) is 14.3. The lowest BCUT2D eigenvalue weighted by atomic mass is 9.71. The summed E-state index contributed by atoms with van der Waals surface area (Å²) in [6.07, 6.45) is 2.40. The fourth-order valence-corrected chi connectivity index (χ4v) is 3.37. The summed E-state index contributed by atoms with van der Waals surface area (Å²) in [5.41, 5.74) is 0.908. The summed E-state index contributed by atoms with van der Waals surface area (Å²) >= 11 is 0. The van der Waals surface area contributed by atoms with Crippen molar-refractivity contribution in [2.24, 2.45) is 9.81 Å². The van der Waals surface area contributed by atoms with Crippen molar-refractivity contribution in [3.8, 4) is 0 Å². The molecule has 1 aliphatic heterocycles. The van der Waals surface area contributed by atoms with Gasteiger partial charge in [-0.2, -0.15) is 4.40 Å². The lowest BCUT2D eigenvalue weighted by Crippen LogP contribution is -2.50. The Labute approximate surface area is 118 Å². The molecule has 0 amide bonds. The first-order chi connectivity index (χ1) is 8.66. The van der Waals surface area contributed by atoms with E-state index < -0.39 is 16.8 Å². The summed E-state index contributed by atoms with van der Waals surface area (Å²) < 4.78 is 28.0. The lowest BCUT2D eigenvalue weighted by Gasteiger charge is -2.46. The second-order valence-corrected chi connectivity index (χ2v) is 8.94. The predicted octanol–water partition coefficient (Wildman–Crippen LogP) is 2.84. The summed E-state index contributed by atoms with van der Waals surface area (Å²) in [5.74, 6) is -0.463. The first kappa shape index (κ1) is 15.1. The van der Waals surface area contributed by atoms with Crippen LogP contribution in [0.5, 0.6) is 0 Å². The van der Waals surface area contributed by atoms with Gasteiger partial charge in [-0.25, -0.2) is 4.21 Å². The van der Waals surface area contributed by atoms with E-state index in [0.29, 0.717) is 13.2 Å². The van der Waals surface area contributed by atoms with Gasteiger partial charge in [-0.3, -0.25) is 0 Å². The fraction of sp³-hybridized carbons (Fsp3) is 0.929. The topological polar surface area (TPSA) is 47.9 Å². The minimum absolute atomic E-state index is 0.122. The molecule has 2 aliphatic rings. The molecular formula is C14H25NO3S. The molecule has 0 N–H and O–H groups in total. The van der Waals surface area contributed by atoms with Gasteiger partial charge in [0.25, 0.3) is 0 Å². The van der Waals surface area contributed by atoms with E-state index in [1.54, 1.807) is 0 Å². The third-order valence-electron chi connectivity index (χ3n) is 3.91. The van der Waals surface area contributed by atoms with Gasteiger partial charge in [0.1, 0.15) is 11.0 Å². The maximum Gasteiger partial charge on any atom is 0.174 e. The summed E-state index contributed by atoms with van der Waals surface area (Å²) in [6, 6.07) is 0. The Kier molecular flexibility index (Phi) is 3.93. The molecule has 0 aromatic rings. The molecular weight excluding hydrogens is 262 g/mol. The van der Waals surface area contributed by atoms with E-state index in [2.05, 4.69) is 18.2 Å². The van der Waals surface area contributed by atoms with Gasteiger partial charge in [-0.15, -0.1) is 0 Å². The highest BCUT2D eigenvalue weighted by Crippen LogP contribution is 2.48. The smallest absolute Gasteiger partial charge is 0.174 e. The summed E-state index contributed by atoms with van der Waals surface area (Å²) in [7, 11) is -1.17. The summed E-state index contributed by atoms with van der Waals surface area (Å²) in [4.78, 5) is 0. The van der Waals surface area contributed by atoms with Crippen molar-refractivity contribution in [1.29, 1.82) is 0 Å². The van der Waals surface area contributed by atoms with Gasteiger partial charge in [0, 0.05) is 17.5 Å². The highest BCUT2D eigenvalue weighted by molar-refractivity contribution is 7.85. The van der Waals surface area contributed by atoms with Crippen molar-refractivity contribution in [3.05, 3.63) is 0 Å². The molecule has 0 radical (unpaired) electrons. The number of ether oxygens (including phenoxy) is 2. The first-order valence-electron chi connectivity index (χ1n) is 6.93. The minimum Gasteiger partial charge on any atom is -0.347 e. The number of hydrogen-bond acceptors (Lipinski definition) is 3. The molecule has 110 valence electrons. The standard InChI is InChI=1S/C14H25NO3S/c1-12(2,3)19(16)15-11-6-7-14(13(4,5)10-11)17-8-9-18-14/h6-10H2,1-5H3. The fourth-order valence-electron chi connectivity index (χ4n) is 2.70. The molecule has 0 aromatic heterocycles. The Hall–Kier alpha value is -0.260. The minimum atomic E-state index is -1.17. The molecule has 1 spiro atoms. The van der Waals surface area contributed by atoms with Crippen LogP contribution in [0.25, 0.3) is 0 Å².